The molecule has 2 fully saturated rings. The minimum atomic E-state index is -0.981. The van der Waals surface area contributed by atoms with Crippen LogP contribution >= 0.6 is 0 Å². The summed E-state index contributed by atoms with van der Waals surface area (Å²) in [5.41, 5.74) is -1.29. The molecule has 0 radical (unpaired) electrons. The number of carbonyl (C=O) groups is 1. The van der Waals surface area contributed by atoms with Gasteiger partial charge in [-0.15, -0.1) is 0 Å². The van der Waals surface area contributed by atoms with Gasteiger partial charge in [0.1, 0.15) is 0 Å². The van der Waals surface area contributed by atoms with E-state index in [4.69, 9.17) is 14.3 Å². The first-order chi connectivity index (χ1) is 13.0. The molecule has 0 aliphatic carbocycles. The van der Waals surface area contributed by atoms with Gasteiger partial charge in [0, 0.05) is 23.3 Å². The number of nitrogens with zero attached hydrogens (tertiary/aromatic N) is 1. The Balaban J connectivity index is 2.41. The highest BCUT2D eigenvalue weighted by atomic mass is 16.7. The van der Waals surface area contributed by atoms with Crippen molar-refractivity contribution < 1.29 is 29.3 Å². The molecule has 2 aliphatic heterocycles. The van der Waals surface area contributed by atoms with Gasteiger partial charge in [-0.2, -0.15) is 5.06 Å². The van der Waals surface area contributed by atoms with Gasteiger partial charge in [0.15, 0.2) is 11.9 Å². The minimum Gasteiger partial charge on any atom is -0.479 e. The van der Waals surface area contributed by atoms with E-state index in [0.717, 1.165) is 19.3 Å². The number of carboxylic acid groups (broad SMARTS) is 1. The molecule has 0 saturated carbocycles. The van der Waals surface area contributed by atoms with E-state index in [1.807, 2.05) is 12.0 Å². The maximum atomic E-state index is 11.5. The predicted octanol–water partition coefficient (Wildman–Crippen LogP) is 3.20. The monoisotopic (exact) mass is 401 g/mol. The standard InChI is InChI=1S/C21H39NO6/c1-8-18(6)11-21(26-13-20(10-3,12-23)14-27-21)16(5)19(7,9-2)22(18)28-15(4)17(24)25/h15-16,23H,8-14H2,1-7H3,(H,24,25). The molecule has 2 saturated heterocycles. The second-order valence-corrected chi connectivity index (χ2v) is 9.24. The van der Waals surface area contributed by atoms with Crippen LogP contribution in [0.1, 0.15) is 74.1 Å². The van der Waals surface area contributed by atoms with E-state index in [1.165, 1.54) is 0 Å². The summed E-state index contributed by atoms with van der Waals surface area (Å²) in [5.74, 6) is -1.82. The van der Waals surface area contributed by atoms with Crippen molar-refractivity contribution >= 4 is 5.97 Å². The molecular formula is C21H39NO6. The van der Waals surface area contributed by atoms with E-state index in [0.29, 0.717) is 19.6 Å². The molecule has 7 nitrogen and oxygen atoms in total. The van der Waals surface area contributed by atoms with Crippen LogP contribution in [0.15, 0.2) is 0 Å². The van der Waals surface area contributed by atoms with E-state index in [-0.39, 0.29) is 17.9 Å². The molecule has 0 amide bonds. The lowest BCUT2D eigenvalue weighted by atomic mass is 9.66. The number of carboxylic acids is 1. The van der Waals surface area contributed by atoms with Crippen LogP contribution in [0.25, 0.3) is 0 Å². The Hall–Kier alpha value is -0.730. The Labute approximate surface area is 169 Å². The topological polar surface area (TPSA) is 88.5 Å². The summed E-state index contributed by atoms with van der Waals surface area (Å²) in [5, 5.41) is 21.1. The van der Waals surface area contributed by atoms with Gasteiger partial charge < -0.3 is 19.7 Å². The Morgan fingerprint density at radius 2 is 1.75 bits per heavy atom. The van der Waals surface area contributed by atoms with Crippen LogP contribution in [0, 0.1) is 11.3 Å². The van der Waals surface area contributed by atoms with Crippen LogP contribution < -0.4 is 0 Å². The average molecular weight is 402 g/mol. The molecule has 2 heterocycles. The third kappa shape index (κ3) is 3.72. The first-order valence-corrected chi connectivity index (χ1v) is 10.6. The smallest absolute Gasteiger partial charge is 0.334 e. The second-order valence-electron chi connectivity index (χ2n) is 9.24. The number of piperidine rings is 1. The van der Waals surface area contributed by atoms with E-state index >= 15 is 0 Å². The molecule has 0 aromatic heterocycles. The molecule has 2 N–H and O–H groups in total. The number of aliphatic hydroxyl groups excluding tert-OH is 1. The van der Waals surface area contributed by atoms with Gasteiger partial charge in [0.2, 0.25) is 0 Å². The Morgan fingerprint density at radius 3 is 2.14 bits per heavy atom. The molecule has 7 heteroatoms. The van der Waals surface area contributed by atoms with Crippen molar-refractivity contribution in [2.75, 3.05) is 19.8 Å². The van der Waals surface area contributed by atoms with E-state index in [9.17, 15) is 15.0 Å². The molecule has 4 unspecified atom stereocenters. The molecule has 2 rings (SSSR count). The molecule has 2 aliphatic rings. The minimum absolute atomic E-state index is 0.0371. The Morgan fingerprint density at radius 1 is 1.18 bits per heavy atom. The van der Waals surface area contributed by atoms with Crippen LogP contribution in [0.3, 0.4) is 0 Å². The van der Waals surface area contributed by atoms with Crippen molar-refractivity contribution in [1.29, 1.82) is 0 Å². The quantitative estimate of drug-likeness (QED) is 0.677. The van der Waals surface area contributed by atoms with Crippen molar-refractivity contribution in [1.82, 2.24) is 5.06 Å². The van der Waals surface area contributed by atoms with Gasteiger partial charge >= 0.3 is 5.97 Å². The van der Waals surface area contributed by atoms with Gasteiger partial charge in [0.25, 0.3) is 0 Å². The Bertz CT molecular complexity index is 555. The maximum absolute atomic E-state index is 11.5. The van der Waals surface area contributed by atoms with Gasteiger partial charge in [-0.1, -0.05) is 27.7 Å². The lowest BCUT2D eigenvalue weighted by Gasteiger charge is -2.64. The van der Waals surface area contributed by atoms with Crippen LogP contribution in [0.4, 0.5) is 0 Å². The summed E-state index contributed by atoms with van der Waals surface area (Å²) in [6, 6.07) is 0. The van der Waals surface area contributed by atoms with Crippen molar-refractivity contribution in [3.05, 3.63) is 0 Å². The molecule has 4 atom stereocenters. The van der Waals surface area contributed by atoms with Crippen LogP contribution in [-0.4, -0.2) is 64.0 Å². The molecule has 0 aromatic carbocycles. The summed E-state index contributed by atoms with van der Waals surface area (Å²) in [6.07, 6.45) is 1.94. The fraction of sp³-hybridized carbons (Fsp3) is 0.952. The number of aliphatic carboxylic acids is 1. The fourth-order valence-electron chi connectivity index (χ4n) is 4.58. The van der Waals surface area contributed by atoms with E-state index < -0.39 is 28.9 Å². The maximum Gasteiger partial charge on any atom is 0.334 e. The molecule has 164 valence electrons. The normalized spacial score (nSPS) is 43.2. The first-order valence-electron chi connectivity index (χ1n) is 10.6. The van der Waals surface area contributed by atoms with Gasteiger partial charge in [-0.25, -0.2) is 4.79 Å². The fourth-order valence-corrected chi connectivity index (χ4v) is 4.58. The average Bonchev–Trinajstić information content (AvgIpc) is 2.70. The lowest BCUT2D eigenvalue weighted by Crippen LogP contribution is -2.74. The largest absolute Gasteiger partial charge is 0.479 e. The van der Waals surface area contributed by atoms with Crippen molar-refractivity contribution in [2.45, 2.75) is 97.1 Å². The molecular weight excluding hydrogens is 362 g/mol. The van der Waals surface area contributed by atoms with Crippen LogP contribution in [0.5, 0.6) is 0 Å². The van der Waals surface area contributed by atoms with Crippen LogP contribution in [0.2, 0.25) is 0 Å². The summed E-state index contributed by atoms with van der Waals surface area (Å²) in [4.78, 5) is 17.5. The first kappa shape index (κ1) is 23.5. The number of hydrogen-bond donors (Lipinski definition) is 2. The lowest BCUT2D eigenvalue weighted by molar-refractivity contribution is -0.415. The molecule has 28 heavy (non-hydrogen) atoms. The number of ether oxygens (including phenoxy) is 2. The number of hydrogen-bond acceptors (Lipinski definition) is 6. The molecule has 0 bridgehead atoms. The highest BCUT2D eigenvalue weighted by molar-refractivity contribution is 5.71. The van der Waals surface area contributed by atoms with E-state index in [2.05, 4.69) is 34.6 Å². The van der Waals surface area contributed by atoms with Crippen LogP contribution in [-0.2, 0) is 19.1 Å². The van der Waals surface area contributed by atoms with Crippen molar-refractivity contribution in [3.8, 4) is 0 Å². The summed E-state index contributed by atoms with van der Waals surface area (Å²) in [6.45, 7) is 15.0. The molecule has 0 aromatic rings. The summed E-state index contributed by atoms with van der Waals surface area (Å²) < 4.78 is 12.9. The van der Waals surface area contributed by atoms with Crippen molar-refractivity contribution in [2.24, 2.45) is 11.3 Å². The zero-order valence-electron chi connectivity index (χ0n) is 18.6. The van der Waals surface area contributed by atoms with Gasteiger partial charge in [-0.3, -0.25) is 4.84 Å². The SMILES string of the molecule is CCC1(CO)COC2(CC(C)(CC)N(OC(C)C(=O)O)C(C)(CC)C2C)OC1. The zero-order valence-corrected chi connectivity index (χ0v) is 18.6. The predicted molar refractivity (Wildman–Crippen MR) is 106 cm³/mol. The second kappa shape index (κ2) is 8.19. The third-order valence-corrected chi connectivity index (χ3v) is 7.59. The Kier molecular flexibility index (Phi) is 6.88. The number of hydroxylamine groups is 2. The zero-order chi connectivity index (χ0) is 21.4. The summed E-state index contributed by atoms with van der Waals surface area (Å²) in [7, 11) is 0. The third-order valence-electron chi connectivity index (χ3n) is 7.59. The van der Waals surface area contributed by atoms with Gasteiger partial charge in [-0.05, 0) is 40.0 Å². The van der Waals surface area contributed by atoms with Crippen molar-refractivity contribution in [3.63, 3.8) is 0 Å². The number of rotatable bonds is 7. The number of aliphatic hydroxyl groups is 1. The highest BCUT2D eigenvalue weighted by Crippen LogP contribution is 2.54. The summed E-state index contributed by atoms with van der Waals surface area (Å²) >= 11 is 0. The van der Waals surface area contributed by atoms with Gasteiger partial charge in [0.05, 0.1) is 25.4 Å². The highest BCUT2D eigenvalue weighted by Gasteiger charge is 2.64. The molecule has 1 spiro atoms. The van der Waals surface area contributed by atoms with E-state index in [1.54, 1.807) is 6.92 Å².